The first-order valence-corrected chi connectivity index (χ1v) is 9.65. The number of benzene rings is 2. The largest absolute Gasteiger partial charge is 0.497 e. The maximum absolute atomic E-state index is 12.1. The lowest BCUT2D eigenvalue weighted by Gasteiger charge is -2.06. The van der Waals surface area contributed by atoms with Crippen LogP contribution in [0.25, 0.3) is 11.4 Å². The Hall–Kier alpha value is -2.03. The maximum Gasteiger partial charge on any atom is 0.234 e. The standard InChI is InChI=1S/C17H14BrClN4O2S/c1-25-12-5-2-10(3-6-12)16-21-17(23-22-16)26-9-15(24)20-14-7-4-11(18)8-13(14)19/h2-8H,9H2,1H3,(H,20,24)(H,21,22,23). The minimum Gasteiger partial charge on any atom is -0.497 e. The maximum atomic E-state index is 12.1. The molecule has 2 N–H and O–H groups in total. The van der Waals surface area contributed by atoms with Gasteiger partial charge in [-0.2, -0.15) is 0 Å². The molecule has 0 fully saturated rings. The summed E-state index contributed by atoms with van der Waals surface area (Å²) in [6.45, 7) is 0. The molecular weight excluding hydrogens is 440 g/mol. The number of aromatic amines is 1. The zero-order valence-corrected chi connectivity index (χ0v) is 16.8. The van der Waals surface area contributed by atoms with Crippen LogP contribution in [0, 0.1) is 0 Å². The number of hydrogen-bond donors (Lipinski definition) is 2. The first kappa shape index (κ1) is 18.8. The van der Waals surface area contributed by atoms with Crippen molar-refractivity contribution >= 4 is 50.9 Å². The lowest BCUT2D eigenvalue weighted by Crippen LogP contribution is -2.14. The van der Waals surface area contributed by atoms with E-state index in [1.54, 1.807) is 19.2 Å². The average Bonchev–Trinajstić information content (AvgIpc) is 3.11. The highest BCUT2D eigenvalue weighted by Crippen LogP contribution is 2.26. The number of halogens is 2. The van der Waals surface area contributed by atoms with Crippen LogP contribution in [0.4, 0.5) is 5.69 Å². The molecular formula is C17H14BrClN4O2S. The Balaban J connectivity index is 1.58. The monoisotopic (exact) mass is 452 g/mol. The van der Waals surface area contributed by atoms with Crippen molar-refractivity contribution in [1.82, 2.24) is 15.2 Å². The summed E-state index contributed by atoms with van der Waals surface area (Å²) in [5.41, 5.74) is 1.45. The summed E-state index contributed by atoms with van der Waals surface area (Å²) in [5.74, 6) is 1.39. The van der Waals surface area contributed by atoms with Crippen molar-refractivity contribution in [2.24, 2.45) is 0 Å². The number of nitrogens with zero attached hydrogens (tertiary/aromatic N) is 2. The van der Waals surface area contributed by atoms with Gasteiger partial charge in [-0.05, 0) is 42.5 Å². The molecule has 134 valence electrons. The predicted molar refractivity (Wildman–Crippen MR) is 107 cm³/mol. The number of amides is 1. The Morgan fingerprint density at radius 1 is 1.31 bits per heavy atom. The molecule has 0 atom stereocenters. The number of thioether (sulfide) groups is 1. The molecule has 2 aromatic carbocycles. The third-order valence-corrected chi connectivity index (χ3v) is 5.02. The third kappa shape index (κ3) is 4.78. The number of rotatable bonds is 6. The average molecular weight is 454 g/mol. The summed E-state index contributed by atoms with van der Waals surface area (Å²) in [7, 11) is 1.62. The number of anilines is 1. The smallest absolute Gasteiger partial charge is 0.234 e. The zero-order chi connectivity index (χ0) is 18.5. The minimum absolute atomic E-state index is 0.173. The minimum atomic E-state index is -0.185. The third-order valence-electron chi connectivity index (χ3n) is 3.37. The second-order valence-electron chi connectivity index (χ2n) is 5.16. The van der Waals surface area contributed by atoms with E-state index in [9.17, 15) is 4.79 Å². The van der Waals surface area contributed by atoms with Gasteiger partial charge in [0, 0.05) is 10.0 Å². The number of carbonyl (C=O) groups excluding carboxylic acids is 1. The zero-order valence-electron chi connectivity index (χ0n) is 13.6. The number of carbonyl (C=O) groups is 1. The van der Waals surface area contributed by atoms with Crippen LogP contribution in [0.15, 0.2) is 52.1 Å². The fourth-order valence-electron chi connectivity index (χ4n) is 2.10. The van der Waals surface area contributed by atoms with Crippen LogP contribution in [-0.2, 0) is 4.79 Å². The number of aromatic nitrogens is 3. The second-order valence-corrected chi connectivity index (χ2v) is 7.42. The van der Waals surface area contributed by atoms with E-state index in [1.807, 2.05) is 30.3 Å². The Morgan fingerprint density at radius 2 is 2.08 bits per heavy atom. The lowest BCUT2D eigenvalue weighted by atomic mass is 10.2. The molecule has 1 heterocycles. The molecule has 9 heteroatoms. The first-order chi connectivity index (χ1) is 12.5. The summed E-state index contributed by atoms with van der Waals surface area (Å²) in [4.78, 5) is 16.5. The van der Waals surface area contributed by atoms with E-state index < -0.39 is 0 Å². The Bertz CT molecular complexity index is 917. The Morgan fingerprint density at radius 3 is 2.77 bits per heavy atom. The summed E-state index contributed by atoms with van der Waals surface area (Å²) >= 11 is 10.7. The van der Waals surface area contributed by atoms with Gasteiger partial charge in [-0.1, -0.05) is 39.3 Å². The summed E-state index contributed by atoms with van der Waals surface area (Å²) in [6, 6.07) is 12.7. The molecule has 0 saturated carbocycles. The molecule has 0 aliphatic heterocycles. The van der Waals surface area contributed by atoms with Crippen molar-refractivity contribution in [3.63, 3.8) is 0 Å². The van der Waals surface area contributed by atoms with E-state index in [0.29, 0.717) is 21.7 Å². The number of ether oxygens (including phenoxy) is 1. The Kier molecular flexibility index (Phi) is 6.18. The molecule has 0 aliphatic carbocycles. The van der Waals surface area contributed by atoms with Gasteiger partial charge < -0.3 is 10.1 Å². The van der Waals surface area contributed by atoms with Crippen molar-refractivity contribution in [2.75, 3.05) is 18.2 Å². The van der Waals surface area contributed by atoms with E-state index >= 15 is 0 Å². The highest BCUT2D eigenvalue weighted by molar-refractivity contribution is 9.10. The summed E-state index contributed by atoms with van der Waals surface area (Å²) in [6.07, 6.45) is 0. The van der Waals surface area contributed by atoms with Gasteiger partial charge in [0.25, 0.3) is 0 Å². The molecule has 26 heavy (non-hydrogen) atoms. The van der Waals surface area contributed by atoms with Gasteiger partial charge in [0.2, 0.25) is 11.1 Å². The highest BCUT2D eigenvalue weighted by Gasteiger charge is 2.11. The van der Waals surface area contributed by atoms with Crippen molar-refractivity contribution in [3.8, 4) is 17.1 Å². The summed E-state index contributed by atoms with van der Waals surface area (Å²) in [5, 5.41) is 10.7. The van der Waals surface area contributed by atoms with Crippen molar-refractivity contribution in [2.45, 2.75) is 5.16 Å². The van der Waals surface area contributed by atoms with Gasteiger partial charge in [-0.3, -0.25) is 9.89 Å². The molecule has 1 aromatic heterocycles. The van der Waals surface area contributed by atoms with Crippen LogP contribution >= 0.6 is 39.3 Å². The lowest BCUT2D eigenvalue weighted by molar-refractivity contribution is -0.113. The SMILES string of the molecule is COc1ccc(-c2nc(SCC(=O)Nc3ccc(Br)cc3Cl)n[nH]2)cc1. The van der Waals surface area contributed by atoms with E-state index in [2.05, 4.69) is 36.4 Å². The van der Waals surface area contributed by atoms with E-state index in [4.69, 9.17) is 16.3 Å². The van der Waals surface area contributed by atoms with Crippen molar-refractivity contribution < 1.29 is 9.53 Å². The van der Waals surface area contributed by atoms with Crippen LogP contribution in [-0.4, -0.2) is 34.0 Å². The highest BCUT2D eigenvalue weighted by atomic mass is 79.9. The van der Waals surface area contributed by atoms with Gasteiger partial charge >= 0.3 is 0 Å². The van der Waals surface area contributed by atoms with Gasteiger partial charge in [0.05, 0.1) is 23.6 Å². The molecule has 0 aliphatic rings. The van der Waals surface area contributed by atoms with Crippen LogP contribution in [0.5, 0.6) is 5.75 Å². The first-order valence-electron chi connectivity index (χ1n) is 7.49. The van der Waals surface area contributed by atoms with Gasteiger partial charge in [0.15, 0.2) is 5.82 Å². The fourth-order valence-corrected chi connectivity index (χ4v) is 3.42. The molecule has 3 rings (SSSR count). The van der Waals surface area contributed by atoms with Crippen LogP contribution < -0.4 is 10.1 Å². The van der Waals surface area contributed by atoms with E-state index in [1.165, 1.54) is 11.8 Å². The molecule has 3 aromatic rings. The number of H-pyrrole nitrogens is 1. The van der Waals surface area contributed by atoms with Crippen molar-refractivity contribution in [3.05, 3.63) is 52.0 Å². The Labute approximate surface area is 167 Å². The topological polar surface area (TPSA) is 79.9 Å². The predicted octanol–water partition coefficient (Wildman–Crippen LogP) is 4.63. The number of methoxy groups -OCH3 is 1. The molecule has 0 bridgehead atoms. The van der Waals surface area contributed by atoms with Crippen LogP contribution in [0.2, 0.25) is 5.02 Å². The molecule has 6 nitrogen and oxygen atoms in total. The molecule has 0 radical (unpaired) electrons. The second kappa shape index (κ2) is 8.57. The van der Waals surface area contributed by atoms with Gasteiger partial charge in [-0.15, -0.1) is 5.10 Å². The quantitative estimate of drug-likeness (QED) is 0.532. The molecule has 0 saturated heterocycles. The molecule has 0 spiro atoms. The summed E-state index contributed by atoms with van der Waals surface area (Å²) < 4.78 is 5.98. The number of hydrogen-bond acceptors (Lipinski definition) is 5. The van der Waals surface area contributed by atoms with Gasteiger partial charge in [-0.25, -0.2) is 4.98 Å². The van der Waals surface area contributed by atoms with Gasteiger partial charge in [0.1, 0.15) is 5.75 Å². The normalized spacial score (nSPS) is 10.6. The van der Waals surface area contributed by atoms with E-state index in [0.717, 1.165) is 15.8 Å². The van der Waals surface area contributed by atoms with Crippen molar-refractivity contribution in [1.29, 1.82) is 0 Å². The fraction of sp³-hybridized carbons (Fsp3) is 0.118. The van der Waals surface area contributed by atoms with Crippen LogP contribution in [0.3, 0.4) is 0 Å². The molecule has 0 unspecified atom stereocenters. The number of nitrogens with one attached hydrogen (secondary N) is 2. The van der Waals surface area contributed by atoms with Crippen LogP contribution in [0.1, 0.15) is 0 Å². The van der Waals surface area contributed by atoms with E-state index in [-0.39, 0.29) is 11.7 Å². The molecule has 1 amide bonds.